The van der Waals surface area contributed by atoms with Crippen molar-refractivity contribution in [3.63, 3.8) is 0 Å². The summed E-state index contributed by atoms with van der Waals surface area (Å²) in [4.78, 5) is 16.4. The van der Waals surface area contributed by atoms with E-state index in [1.807, 2.05) is 24.3 Å². The second-order valence-electron chi connectivity index (χ2n) is 4.73. The van der Waals surface area contributed by atoms with Crippen LogP contribution < -0.4 is 10.6 Å². The number of rotatable bonds is 2. The minimum Gasteiger partial charge on any atom is -0.308 e. The first-order valence-corrected chi connectivity index (χ1v) is 7.25. The Hall–Kier alpha value is -1.72. The molecule has 1 atom stereocenters. The maximum atomic E-state index is 12.3. The molecule has 1 aliphatic heterocycles. The highest BCUT2D eigenvalue weighted by atomic mass is 79.9. The van der Waals surface area contributed by atoms with Crippen LogP contribution in [-0.2, 0) is 17.8 Å². The molecule has 2 N–H and O–H groups in total. The number of pyridine rings is 1. The third kappa shape index (κ3) is 2.73. The Balaban J connectivity index is 1.72. The second-order valence-corrected chi connectivity index (χ2v) is 5.58. The van der Waals surface area contributed by atoms with Gasteiger partial charge in [0.15, 0.2) is 0 Å². The third-order valence-corrected chi connectivity index (χ3v) is 4.04. The summed E-state index contributed by atoms with van der Waals surface area (Å²) < 4.78 is 0.782. The number of amides is 1. The van der Waals surface area contributed by atoms with Gasteiger partial charge in [0.1, 0.15) is 5.82 Å². The van der Waals surface area contributed by atoms with Crippen LogP contribution in [0.4, 0.5) is 5.82 Å². The fourth-order valence-electron chi connectivity index (χ4n) is 2.32. The van der Waals surface area contributed by atoms with E-state index in [0.717, 1.165) is 11.0 Å². The van der Waals surface area contributed by atoms with Gasteiger partial charge in [0, 0.05) is 12.7 Å². The average molecular weight is 332 g/mol. The maximum Gasteiger partial charge on any atom is 0.243 e. The number of hydrogen-bond acceptors (Lipinski definition) is 3. The Kier molecular flexibility index (Phi) is 3.80. The van der Waals surface area contributed by atoms with Crippen LogP contribution in [0, 0.1) is 0 Å². The van der Waals surface area contributed by atoms with Gasteiger partial charge in [0.2, 0.25) is 5.91 Å². The van der Waals surface area contributed by atoms with Crippen molar-refractivity contribution < 1.29 is 4.79 Å². The summed E-state index contributed by atoms with van der Waals surface area (Å²) in [6, 6.07) is 11.6. The molecule has 0 spiro atoms. The van der Waals surface area contributed by atoms with Crippen LogP contribution in [-0.4, -0.2) is 16.9 Å². The molecule has 1 aliphatic rings. The van der Waals surface area contributed by atoms with E-state index in [0.29, 0.717) is 12.2 Å². The monoisotopic (exact) mass is 331 g/mol. The van der Waals surface area contributed by atoms with E-state index < -0.39 is 0 Å². The minimum atomic E-state index is -0.223. The second kappa shape index (κ2) is 5.73. The molecule has 0 saturated carbocycles. The Bertz CT molecular complexity index is 645. The first-order chi connectivity index (χ1) is 9.74. The summed E-state index contributed by atoms with van der Waals surface area (Å²) in [5.41, 5.74) is 2.49. The quantitative estimate of drug-likeness (QED) is 0.888. The molecule has 0 unspecified atom stereocenters. The molecule has 1 aromatic carbocycles. The van der Waals surface area contributed by atoms with Crippen molar-refractivity contribution in [1.82, 2.24) is 10.3 Å². The van der Waals surface area contributed by atoms with Crippen molar-refractivity contribution in [1.29, 1.82) is 0 Å². The number of hydrogen-bond donors (Lipinski definition) is 2. The van der Waals surface area contributed by atoms with Gasteiger partial charge in [-0.1, -0.05) is 24.3 Å². The maximum absolute atomic E-state index is 12.3. The number of carbonyl (C=O) groups is 1. The normalized spacial score (nSPS) is 17.4. The van der Waals surface area contributed by atoms with Crippen LogP contribution in [0.1, 0.15) is 11.1 Å². The molecule has 0 bridgehead atoms. The highest BCUT2D eigenvalue weighted by molar-refractivity contribution is 9.10. The number of carbonyl (C=O) groups excluding carboxylic acids is 1. The van der Waals surface area contributed by atoms with Crippen LogP contribution in [0.25, 0.3) is 0 Å². The van der Waals surface area contributed by atoms with Gasteiger partial charge in [-0.15, -0.1) is 0 Å². The highest BCUT2D eigenvalue weighted by Crippen LogP contribution is 2.20. The number of fused-ring (bicyclic) bond motifs is 1. The lowest BCUT2D eigenvalue weighted by Crippen LogP contribution is -2.44. The van der Waals surface area contributed by atoms with E-state index in [4.69, 9.17) is 0 Å². The van der Waals surface area contributed by atoms with E-state index in [1.165, 1.54) is 11.1 Å². The molecular formula is C15H14BrN3O. The number of nitrogens with zero attached hydrogens (tertiary/aromatic N) is 1. The van der Waals surface area contributed by atoms with Crippen LogP contribution in [0.15, 0.2) is 47.1 Å². The van der Waals surface area contributed by atoms with Gasteiger partial charge in [0.05, 0.1) is 10.5 Å². The van der Waals surface area contributed by atoms with Crippen LogP contribution in [0.2, 0.25) is 0 Å². The lowest BCUT2D eigenvalue weighted by Gasteiger charge is -2.25. The topological polar surface area (TPSA) is 54.0 Å². The summed E-state index contributed by atoms with van der Waals surface area (Å²) >= 11 is 3.38. The summed E-state index contributed by atoms with van der Waals surface area (Å²) in [7, 11) is 0. The SMILES string of the molecule is O=C(Nc1ncccc1Br)[C@H]1Cc2ccccc2CN1. The zero-order valence-corrected chi connectivity index (χ0v) is 12.4. The van der Waals surface area contributed by atoms with Crippen LogP contribution in [0.3, 0.4) is 0 Å². The van der Waals surface area contributed by atoms with E-state index >= 15 is 0 Å². The highest BCUT2D eigenvalue weighted by Gasteiger charge is 2.24. The van der Waals surface area contributed by atoms with Gasteiger partial charge >= 0.3 is 0 Å². The van der Waals surface area contributed by atoms with Crippen molar-refractivity contribution in [3.8, 4) is 0 Å². The first-order valence-electron chi connectivity index (χ1n) is 6.45. The van der Waals surface area contributed by atoms with E-state index in [-0.39, 0.29) is 11.9 Å². The number of benzene rings is 1. The lowest BCUT2D eigenvalue weighted by atomic mass is 9.95. The van der Waals surface area contributed by atoms with Crippen molar-refractivity contribution in [2.75, 3.05) is 5.32 Å². The summed E-state index contributed by atoms with van der Waals surface area (Å²) in [6.45, 7) is 0.720. The van der Waals surface area contributed by atoms with Gasteiger partial charge in [-0.2, -0.15) is 0 Å². The van der Waals surface area contributed by atoms with Crippen LogP contribution in [0.5, 0.6) is 0 Å². The van der Waals surface area contributed by atoms with Gasteiger partial charge in [-0.05, 0) is 45.6 Å². The van der Waals surface area contributed by atoms with Gasteiger partial charge in [-0.3, -0.25) is 4.79 Å². The molecule has 0 radical (unpaired) electrons. The van der Waals surface area contributed by atoms with Crippen LogP contribution >= 0.6 is 15.9 Å². The van der Waals surface area contributed by atoms with Gasteiger partial charge < -0.3 is 10.6 Å². The molecule has 1 amide bonds. The number of aromatic nitrogens is 1. The fraction of sp³-hybridized carbons (Fsp3) is 0.200. The Morgan fingerprint density at radius 1 is 1.25 bits per heavy atom. The van der Waals surface area contributed by atoms with E-state index in [2.05, 4.69) is 43.7 Å². The fourth-order valence-corrected chi connectivity index (χ4v) is 2.68. The summed E-state index contributed by atoms with van der Waals surface area (Å²) in [6.07, 6.45) is 2.36. The molecule has 2 aromatic rings. The molecule has 0 saturated heterocycles. The number of nitrogens with one attached hydrogen (secondary N) is 2. The predicted molar refractivity (Wildman–Crippen MR) is 81.3 cm³/mol. The van der Waals surface area contributed by atoms with Crippen molar-refractivity contribution in [2.24, 2.45) is 0 Å². The van der Waals surface area contributed by atoms with Crippen molar-refractivity contribution in [3.05, 3.63) is 58.2 Å². The number of halogens is 1. The van der Waals surface area contributed by atoms with Gasteiger partial charge in [0.25, 0.3) is 0 Å². The van der Waals surface area contributed by atoms with Gasteiger partial charge in [-0.25, -0.2) is 4.98 Å². The zero-order valence-electron chi connectivity index (χ0n) is 10.8. The smallest absolute Gasteiger partial charge is 0.243 e. The lowest BCUT2D eigenvalue weighted by molar-refractivity contribution is -0.118. The Labute approximate surface area is 125 Å². The summed E-state index contributed by atoms with van der Waals surface area (Å²) in [5.74, 6) is 0.497. The molecule has 5 heteroatoms. The molecular weight excluding hydrogens is 318 g/mol. The average Bonchev–Trinajstić information content (AvgIpc) is 2.49. The molecule has 3 rings (SSSR count). The van der Waals surface area contributed by atoms with E-state index in [1.54, 1.807) is 6.20 Å². The molecule has 0 fully saturated rings. The molecule has 20 heavy (non-hydrogen) atoms. The molecule has 1 aromatic heterocycles. The minimum absolute atomic E-state index is 0.0566. The zero-order chi connectivity index (χ0) is 13.9. The van der Waals surface area contributed by atoms with Crippen molar-refractivity contribution in [2.45, 2.75) is 19.0 Å². The third-order valence-electron chi connectivity index (χ3n) is 3.40. The Morgan fingerprint density at radius 3 is 2.85 bits per heavy atom. The molecule has 4 nitrogen and oxygen atoms in total. The standard InChI is InChI=1S/C15H14BrN3O/c16-12-6-3-7-17-14(12)19-15(20)13-8-10-4-1-2-5-11(10)9-18-13/h1-7,13,18H,8-9H2,(H,17,19,20)/t13-/m1/s1. The predicted octanol–water partition coefficient (Wildman–Crippen LogP) is 2.50. The van der Waals surface area contributed by atoms with E-state index in [9.17, 15) is 4.79 Å². The van der Waals surface area contributed by atoms with Crippen molar-refractivity contribution >= 4 is 27.7 Å². The Morgan fingerprint density at radius 2 is 2.05 bits per heavy atom. The molecule has 0 aliphatic carbocycles. The molecule has 2 heterocycles. The summed E-state index contributed by atoms with van der Waals surface area (Å²) in [5, 5.41) is 6.11. The first kappa shape index (κ1) is 13.3. The largest absolute Gasteiger partial charge is 0.308 e. The molecule has 102 valence electrons. The number of anilines is 1.